The van der Waals surface area contributed by atoms with E-state index in [1.54, 1.807) is 0 Å². The van der Waals surface area contributed by atoms with Crippen molar-refractivity contribution in [1.82, 2.24) is 4.90 Å². The molecule has 0 rings (SSSR count). The quantitative estimate of drug-likeness (QED) is 0.659. The Morgan fingerprint density at radius 1 is 1.23 bits per heavy atom. The highest BCUT2D eigenvalue weighted by molar-refractivity contribution is 4.69. The highest BCUT2D eigenvalue weighted by atomic mass is 15.1. The maximum Gasteiger partial charge on any atom is 0.0102 e. The molecule has 0 aliphatic heterocycles. The molecule has 2 atom stereocenters. The van der Waals surface area contributed by atoms with Gasteiger partial charge in [0.25, 0.3) is 0 Å². The SMILES string of the molecule is CCC(C)CN(C)C(CC)CCN. The monoisotopic (exact) mass is 186 g/mol. The molecule has 0 bridgehead atoms. The van der Waals surface area contributed by atoms with Crippen LogP contribution in [0.25, 0.3) is 0 Å². The number of rotatable bonds is 7. The first-order chi connectivity index (χ1) is 6.15. The minimum atomic E-state index is 0.680. The lowest BCUT2D eigenvalue weighted by molar-refractivity contribution is 0.197. The largest absolute Gasteiger partial charge is 0.330 e. The van der Waals surface area contributed by atoms with Crippen LogP contribution in [0.15, 0.2) is 0 Å². The third-order valence-corrected chi connectivity index (χ3v) is 2.89. The molecule has 0 radical (unpaired) electrons. The van der Waals surface area contributed by atoms with Crippen LogP contribution < -0.4 is 5.73 Å². The summed E-state index contributed by atoms with van der Waals surface area (Å²) < 4.78 is 0. The van der Waals surface area contributed by atoms with E-state index in [4.69, 9.17) is 5.73 Å². The molecule has 2 N–H and O–H groups in total. The Balaban J connectivity index is 3.82. The van der Waals surface area contributed by atoms with Gasteiger partial charge in [0.2, 0.25) is 0 Å². The van der Waals surface area contributed by atoms with Gasteiger partial charge in [-0.25, -0.2) is 0 Å². The van der Waals surface area contributed by atoms with Crippen LogP contribution in [0, 0.1) is 5.92 Å². The first-order valence-corrected chi connectivity index (χ1v) is 5.55. The lowest BCUT2D eigenvalue weighted by Crippen LogP contribution is -2.36. The summed E-state index contributed by atoms with van der Waals surface area (Å²) >= 11 is 0. The molecular weight excluding hydrogens is 160 g/mol. The third kappa shape index (κ3) is 5.27. The van der Waals surface area contributed by atoms with Crippen molar-refractivity contribution in [3.63, 3.8) is 0 Å². The molecule has 13 heavy (non-hydrogen) atoms. The van der Waals surface area contributed by atoms with E-state index < -0.39 is 0 Å². The number of nitrogens with zero attached hydrogens (tertiary/aromatic N) is 1. The van der Waals surface area contributed by atoms with Gasteiger partial charge < -0.3 is 10.6 Å². The molecule has 0 heterocycles. The molecule has 0 fully saturated rings. The van der Waals surface area contributed by atoms with Gasteiger partial charge in [0.05, 0.1) is 0 Å². The highest BCUT2D eigenvalue weighted by Gasteiger charge is 2.13. The predicted octanol–water partition coefficient (Wildman–Crippen LogP) is 2.09. The van der Waals surface area contributed by atoms with Crippen LogP contribution in [0.3, 0.4) is 0 Å². The zero-order valence-electron chi connectivity index (χ0n) is 9.71. The lowest BCUT2D eigenvalue weighted by Gasteiger charge is -2.29. The van der Waals surface area contributed by atoms with Gasteiger partial charge >= 0.3 is 0 Å². The van der Waals surface area contributed by atoms with Crippen LogP contribution in [-0.2, 0) is 0 Å². The van der Waals surface area contributed by atoms with E-state index in [2.05, 4.69) is 32.7 Å². The van der Waals surface area contributed by atoms with E-state index in [1.165, 1.54) is 19.4 Å². The highest BCUT2D eigenvalue weighted by Crippen LogP contribution is 2.10. The van der Waals surface area contributed by atoms with E-state index in [9.17, 15) is 0 Å². The van der Waals surface area contributed by atoms with Gasteiger partial charge in [-0.1, -0.05) is 27.2 Å². The molecule has 0 saturated heterocycles. The second-order valence-electron chi connectivity index (χ2n) is 4.09. The van der Waals surface area contributed by atoms with E-state index in [-0.39, 0.29) is 0 Å². The van der Waals surface area contributed by atoms with Gasteiger partial charge in [-0.15, -0.1) is 0 Å². The molecule has 80 valence electrons. The third-order valence-electron chi connectivity index (χ3n) is 2.89. The summed E-state index contributed by atoms with van der Waals surface area (Å²) in [4.78, 5) is 2.46. The molecule has 2 heteroatoms. The van der Waals surface area contributed by atoms with Crippen molar-refractivity contribution in [1.29, 1.82) is 0 Å². The average molecular weight is 186 g/mol. The van der Waals surface area contributed by atoms with E-state index in [1.807, 2.05) is 0 Å². The Bertz CT molecular complexity index is 115. The second kappa shape index (κ2) is 7.34. The fraction of sp³-hybridized carbons (Fsp3) is 1.00. The minimum Gasteiger partial charge on any atom is -0.330 e. The maximum absolute atomic E-state index is 5.58. The Morgan fingerprint density at radius 3 is 2.23 bits per heavy atom. The van der Waals surface area contributed by atoms with Crippen molar-refractivity contribution in [2.24, 2.45) is 11.7 Å². The number of hydrogen-bond acceptors (Lipinski definition) is 2. The Hall–Kier alpha value is -0.0800. The lowest BCUT2D eigenvalue weighted by atomic mass is 10.1. The summed E-state index contributed by atoms with van der Waals surface area (Å²) in [6, 6.07) is 0.680. The van der Waals surface area contributed by atoms with Gasteiger partial charge in [-0.3, -0.25) is 0 Å². The van der Waals surface area contributed by atoms with Crippen molar-refractivity contribution in [2.75, 3.05) is 20.1 Å². The Labute approximate surface area is 83.5 Å². The van der Waals surface area contributed by atoms with Gasteiger partial charge in [0.1, 0.15) is 0 Å². The minimum absolute atomic E-state index is 0.680. The van der Waals surface area contributed by atoms with Crippen LogP contribution in [0.4, 0.5) is 0 Å². The average Bonchev–Trinajstić information content (AvgIpc) is 2.13. The molecule has 2 nitrogen and oxygen atoms in total. The van der Waals surface area contributed by atoms with Gasteiger partial charge in [-0.2, -0.15) is 0 Å². The fourth-order valence-electron chi connectivity index (χ4n) is 1.70. The zero-order valence-corrected chi connectivity index (χ0v) is 9.71. The summed E-state index contributed by atoms with van der Waals surface area (Å²) in [5.74, 6) is 0.803. The topological polar surface area (TPSA) is 29.3 Å². The predicted molar refractivity (Wildman–Crippen MR) is 59.8 cm³/mol. The normalized spacial score (nSPS) is 16.2. The molecule has 0 saturated carbocycles. The van der Waals surface area contributed by atoms with Crippen molar-refractivity contribution >= 4 is 0 Å². The van der Waals surface area contributed by atoms with Crippen molar-refractivity contribution in [3.05, 3.63) is 0 Å². The molecule has 0 spiro atoms. The van der Waals surface area contributed by atoms with E-state index in [0.29, 0.717) is 6.04 Å². The summed E-state index contributed by atoms with van der Waals surface area (Å²) in [6.45, 7) is 8.82. The number of nitrogens with two attached hydrogens (primary N) is 1. The van der Waals surface area contributed by atoms with E-state index >= 15 is 0 Å². The standard InChI is InChI=1S/C11H26N2/c1-5-10(3)9-13(4)11(6-2)7-8-12/h10-11H,5-9,12H2,1-4H3. The Kier molecular flexibility index (Phi) is 7.29. The van der Waals surface area contributed by atoms with Gasteiger partial charge in [0, 0.05) is 12.6 Å². The summed E-state index contributed by atoms with van der Waals surface area (Å²) in [7, 11) is 2.22. The van der Waals surface area contributed by atoms with Crippen LogP contribution in [-0.4, -0.2) is 31.1 Å². The summed E-state index contributed by atoms with van der Waals surface area (Å²) in [5, 5.41) is 0. The molecule has 0 aromatic heterocycles. The van der Waals surface area contributed by atoms with Crippen LogP contribution >= 0.6 is 0 Å². The zero-order chi connectivity index (χ0) is 10.3. The molecule has 0 aliphatic rings. The van der Waals surface area contributed by atoms with Crippen molar-refractivity contribution in [2.45, 2.75) is 46.1 Å². The number of hydrogen-bond donors (Lipinski definition) is 1. The first kappa shape index (κ1) is 12.9. The maximum atomic E-state index is 5.58. The van der Waals surface area contributed by atoms with Crippen LogP contribution in [0.2, 0.25) is 0 Å². The van der Waals surface area contributed by atoms with Crippen LogP contribution in [0.1, 0.15) is 40.0 Å². The molecule has 0 amide bonds. The molecule has 0 aliphatic carbocycles. The fourth-order valence-corrected chi connectivity index (χ4v) is 1.70. The second-order valence-corrected chi connectivity index (χ2v) is 4.09. The van der Waals surface area contributed by atoms with Gasteiger partial charge in [-0.05, 0) is 32.4 Å². The summed E-state index contributed by atoms with van der Waals surface area (Å²) in [5.41, 5.74) is 5.58. The van der Waals surface area contributed by atoms with Crippen molar-refractivity contribution < 1.29 is 0 Å². The molecule has 2 unspecified atom stereocenters. The van der Waals surface area contributed by atoms with E-state index in [0.717, 1.165) is 18.9 Å². The van der Waals surface area contributed by atoms with Gasteiger partial charge in [0.15, 0.2) is 0 Å². The van der Waals surface area contributed by atoms with Crippen molar-refractivity contribution in [3.8, 4) is 0 Å². The Morgan fingerprint density at radius 2 is 1.85 bits per heavy atom. The molecule has 0 aromatic rings. The molecular formula is C11H26N2. The summed E-state index contributed by atoms with van der Waals surface area (Å²) in [6.07, 6.45) is 3.61. The first-order valence-electron chi connectivity index (χ1n) is 5.55. The molecule has 0 aromatic carbocycles. The smallest absolute Gasteiger partial charge is 0.0102 e. The van der Waals surface area contributed by atoms with Crippen LogP contribution in [0.5, 0.6) is 0 Å².